The number of hydrazine groups is 1. The van der Waals surface area contributed by atoms with Gasteiger partial charge >= 0.3 is 0 Å². The highest BCUT2D eigenvalue weighted by Gasteiger charge is 2.45. The van der Waals surface area contributed by atoms with E-state index in [1.165, 1.54) is 12.5 Å². The largest absolute Gasteiger partial charge is 0.349 e. The SMILES string of the molecule is COC1(OC)C=CC=CC1[Si]1CCCN1N. The molecule has 1 heterocycles. The smallest absolute Gasteiger partial charge is 0.192 e. The fraction of sp³-hybridized carbons (Fsp3) is 0.636. The van der Waals surface area contributed by atoms with Crippen LogP contribution in [0.3, 0.4) is 0 Å². The topological polar surface area (TPSA) is 47.7 Å². The van der Waals surface area contributed by atoms with Gasteiger partial charge in [-0.1, -0.05) is 18.2 Å². The number of rotatable bonds is 3. The maximum atomic E-state index is 6.05. The Morgan fingerprint density at radius 3 is 2.69 bits per heavy atom. The van der Waals surface area contributed by atoms with E-state index in [0.29, 0.717) is 0 Å². The molecule has 1 radical (unpaired) electrons. The van der Waals surface area contributed by atoms with E-state index in [1.54, 1.807) is 14.2 Å². The van der Waals surface area contributed by atoms with Crippen molar-refractivity contribution in [3.63, 3.8) is 0 Å². The lowest BCUT2D eigenvalue weighted by Gasteiger charge is -2.39. The van der Waals surface area contributed by atoms with Crippen LogP contribution in [0.2, 0.25) is 11.6 Å². The molecular weight excluding hydrogens is 220 g/mol. The first kappa shape index (κ1) is 12.0. The summed E-state index contributed by atoms with van der Waals surface area (Å²) in [5.41, 5.74) is 0.255. The van der Waals surface area contributed by atoms with Gasteiger partial charge in [0.2, 0.25) is 0 Å². The molecule has 0 bridgehead atoms. The van der Waals surface area contributed by atoms with Gasteiger partial charge in [-0.15, -0.1) is 0 Å². The minimum Gasteiger partial charge on any atom is -0.349 e. The Morgan fingerprint density at radius 1 is 1.38 bits per heavy atom. The third kappa shape index (κ3) is 1.89. The second-order valence-electron chi connectivity index (χ2n) is 4.14. The van der Waals surface area contributed by atoms with Gasteiger partial charge in [0, 0.05) is 26.3 Å². The molecule has 1 saturated heterocycles. The molecule has 0 aromatic heterocycles. The second kappa shape index (κ2) is 4.81. The monoisotopic (exact) mass is 239 g/mol. The van der Waals surface area contributed by atoms with Crippen LogP contribution < -0.4 is 5.84 Å². The predicted molar refractivity (Wildman–Crippen MR) is 64.9 cm³/mol. The van der Waals surface area contributed by atoms with E-state index in [4.69, 9.17) is 15.3 Å². The first-order valence-corrected chi connectivity index (χ1v) is 7.31. The van der Waals surface area contributed by atoms with Crippen LogP contribution in [0.1, 0.15) is 6.42 Å². The third-order valence-electron chi connectivity index (χ3n) is 3.37. The van der Waals surface area contributed by atoms with E-state index in [9.17, 15) is 0 Å². The Hall–Kier alpha value is -0.463. The van der Waals surface area contributed by atoms with E-state index in [2.05, 4.69) is 12.2 Å². The number of ether oxygens (including phenoxy) is 2. The zero-order valence-electron chi connectivity index (χ0n) is 9.85. The van der Waals surface area contributed by atoms with Gasteiger partial charge in [0.1, 0.15) is 0 Å². The van der Waals surface area contributed by atoms with Gasteiger partial charge in [0.25, 0.3) is 0 Å². The Bertz CT molecular complexity index is 302. The standard InChI is InChI=1S/C11H19N2O2Si/c1-14-11(15-2)7-4-3-6-10(11)16-9-5-8-13(16)12/h3-4,6-7,10H,5,8-9,12H2,1-2H3. The quantitative estimate of drug-likeness (QED) is 0.454. The highest BCUT2D eigenvalue weighted by atomic mass is 28.3. The molecule has 1 unspecified atom stereocenters. The Kier molecular flexibility index (Phi) is 3.61. The first-order valence-electron chi connectivity index (χ1n) is 5.58. The zero-order chi connectivity index (χ0) is 11.6. The molecule has 1 aliphatic heterocycles. The normalized spacial score (nSPS) is 30.1. The van der Waals surface area contributed by atoms with Crippen molar-refractivity contribution < 1.29 is 9.47 Å². The van der Waals surface area contributed by atoms with E-state index in [-0.39, 0.29) is 5.54 Å². The lowest BCUT2D eigenvalue weighted by molar-refractivity contribution is -0.168. The molecule has 1 atom stereocenters. The average Bonchev–Trinajstić information content (AvgIpc) is 2.75. The van der Waals surface area contributed by atoms with Crippen LogP contribution in [0.5, 0.6) is 0 Å². The summed E-state index contributed by atoms with van der Waals surface area (Å²) in [4.78, 5) is 0. The van der Waals surface area contributed by atoms with Gasteiger partial charge in [0.05, 0.1) is 0 Å². The van der Waals surface area contributed by atoms with Crippen LogP contribution in [0.25, 0.3) is 0 Å². The van der Waals surface area contributed by atoms with Gasteiger partial charge in [0.15, 0.2) is 14.7 Å². The van der Waals surface area contributed by atoms with Gasteiger partial charge in [-0.2, -0.15) is 0 Å². The molecule has 5 heteroatoms. The highest BCUT2D eigenvalue weighted by Crippen LogP contribution is 2.39. The van der Waals surface area contributed by atoms with E-state index in [0.717, 1.165) is 6.54 Å². The average molecular weight is 239 g/mol. The fourth-order valence-electron chi connectivity index (χ4n) is 2.47. The molecule has 0 saturated carbocycles. The molecule has 4 nitrogen and oxygen atoms in total. The lowest BCUT2D eigenvalue weighted by Crippen LogP contribution is -2.51. The molecule has 2 N–H and O–H groups in total. The molecule has 0 aromatic carbocycles. The van der Waals surface area contributed by atoms with Crippen molar-refractivity contribution in [2.45, 2.75) is 23.8 Å². The van der Waals surface area contributed by atoms with E-state index >= 15 is 0 Å². The molecule has 0 aromatic rings. The Balaban J connectivity index is 2.23. The maximum Gasteiger partial charge on any atom is 0.192 e. The second-order valence-corrected chi connectivity index (χ2v) is 6.82. The molecular formula is C11H19N2O2Si. The van der Waals surface area contributed by atoms with Crippen molar-refractivity contribution in [3.8, 4) is 0 Å². The van der Waals surface area contributed by atoms with Crippen molar-refractivity contribution in [3.05, 3.63) is 24.3 Å². The third-order valence-corrected chi connectivity index (χ3v) is 6.51. The van der Waals surface area contributed by atoms with Crippen molar-refractivity contribution in [1.82, 2.24) is 4.67 Å². The van der Waals surface area contributed by atoms with Crippen molar-refractivity contribution in [1.29, 1.82) is 0 Å². The summed E-state index contributed by atoms with van der Waals surface area (Å²) in [5.74, 6) is 5.43. The summed E-state index contributed by atoms with van der Waals surface area (Å²) < 4.78 is 13.2. The summed E-state index contributed by atoms with van der Waals surface area (Å²) in [7, 11) is 2.59. The Morgan fingerprint density at radius 2 is 2.12 bits per heavy atom. The van der Waals surface area contributed by atoms with Crippen LogP contribution in [0.15, 0.2) is 24.3 Å². The minimum atomic E-state index is -0.797. The van der Waals surface area contributed by atoms with E-state index in [1.807, 2.05) is 16.8 Å². The van der Waals surface area contributed by atoms with Crippen molar-refractivity contribution in [2.24, 2.45) is 5.84 Å². The van der Waals surface area contributed by atoms with E-state index < -0.39 is 14.7 Å². The number of methoxy groups -OCH3 is 2. The number of allylic oxidation sites excluding steroid dienone is 2. The number of hydrogen-bond acceptors (Lipinski definition) is 4. The molecule has 2 rings (SSSR count). The zero-order valence-corrected chi connectivity index (χ0v) is 10.8. The van der Waals surface area contributed by atoms with Crippen LogP contribution in [-0.4, -0.2) is 40.2 Å². The van der Waals surface area contributed by atoms with Crippen LogP contribution in [0, 0.1) is 0 Å². The lowest BCUT2D eigenvalue weighted by atomic mass is 10.1. The summed E-state index contributed by atoms with van der Waals surface area (Å²) in [6, 6.07) is 1.19. The van der Waals surface area contributed by atoms with Gasteiger partial charge in [-0.05, 0) is 18.5 Å². The summed E-state index contributed by atoms with van der Waals surface area (Å²) >= 11 is 0. The summed E-state index contributed by atoms with van der Waals surface area (Å²) in [6.45, 7) is 0.992. The van der Waals surface area contributed by atoms with Crippen LogP contribution in [-0.2, 0) is 9.47 Å². The number of hydrogen-bond donors (Lipinski definition) is 1. The predicted octanol–water partition coefficient (Wildman–Crippen LogP) is 1.04. The molecule has 1 aliphatic carbocycles. The summed E-state index contributed by atoms with van der Waals surface area (Å²) in [5, 5.41) is 0. The minimum absolute atomic E-state index is 0.255. The molecule has 1 fully saturated rings. The number of nitrogens with two attached hydrogens (primary N) is 1. The van der Waals surface area contributed by atoms with Gasteiger partial charge < -0.3 is 9.47 Å². The maximum absolute atomic E-state index is 6.05. The fourth-order valence-corrected chi connectivity index (χ4v) is 5.52. The molecule has 89 valence electrons. The van der Waals surface area contributed by atoms with Gasteiger partial charge in [-0.3, -0.25) is 10.5 Å². The molecule has 0 spiro atoms. The Labute approximate surface area is 98.4 Å². The van der Waals surface area contributed by atoms with Crippen molar-refractivity contribution >= 4 is 8.96 Å². The van der Waals surface area contributed by atoms with Gasteiger partial charge in [-0.25, -0.2) is 0 Å². The summed E-state index contributed by atoms with van der Waals surface area (Å²) in [6.07, 6.45) is 9.38. The first-order chi connectivity index (χ1) is 7.73. The molecule has 2 aliphatic rings. The highest BCUT2D eigenvalue weighted by molar-refractivity contribution is 6.59. The van der Waals surface area contributed by atoms with Crippen molar-refractivity contribution in [2.75, 3.05) is 20.8 Å². The molecule has 0 amide bonds. The molecule has 16 heavy (non-hydrogen) atoms. The van der Waals surface area contributed by atoms with Crippen LogP contribution >= 0.6 is 0 Å². The van der Waals surface area contributed by atoms with Crippen LogP contribution in [0.4, 0.5) is 0 Å². The number of nitrogens with zero attached hydrogens (tertiary/aromatic N) is 1.